The topological polar surface area (TPSA) is 107 Å². The third-order valence-electron chi connectivity index (χ3n) is 2.88. The van der Waals surface area contributed by atoms with Gasteiger partial charge in [-0.05, 0) is 25.0 Å². The van der Waals surface area contributed by atoms with E-state index in [4.69, 9.17) is 9.84 Å². The molecule has 1 aromatic carbocycles. The van der Waals surface area contributed by atoms with Crippen molar-refractivity contribution in [2.24, 2.45) is 0 Å². The molecule has 1 N–H and O–H groups in total. The SMILES string of the molecule is Cl.O=Cc1cc(OCCCCCCC(=O)O)ccc1[N+](=O)[O-]. The molecule has 122 valence electrons. The molecule has 0 spiro atoms. The van der Waals surface area contributed by atoms with Crippen molar-refractivity contribution in [3.63, 3.8) is 0 Å². The van der Waals surface area contributed by atoms with Crippen LogP contribution in [0.25, 0.3) is 0 Å². The largest absolute Gasteiger partial charge is 0.494 e. The van der Waals surface area contributed by atoms with Gasteiger partial charge in [-0.25, -0.2) is 0 Å². The number of hydrogen-bond donors (Lipinski definition) is 1. The minimum absolute atomic E-state index is 0. The zero-order valence-electron chi connectivity index (χ0n) is 11.9. The molecule has 0 aliphatic carbocycles. The predicted octanol–water partition coefficient (Wildman–Crippen LogP) is 3.24. The summed E-state index contributed by atoms with van der Waals surface area (Å²) in [5, 5.41) is 19.1. The lowest BCUT2D eigenvalue weighted by Crippen LogP contribution is -2.00. The van der Waals surface area contributed by atoms with Crippen molar-refractivity contribution in [3.8, 4) is 5.75 Å². The quantitative estimate of drug-likeness (QED) is 0.305. The van der Waals surface area contributed by atoms with Crippen LogP contribution in [-0.2, 0) is 4.79 Å². The second-order valence-corrected chi connectivity index (χ2v) is 4.50. The zero-order chi connectivity index (χ0) is 15.7. The summed E-state index contributed by atoms with van der Waals surface area (Å²) in [7, 11) is 0. The van der Waals surface area contributed by atoms with Crippen molar-refractivity contribution in [2.75, 3.05) is 6.61 Å². The molecule has 0 radical (unpaired) electrons. The standard InChI is InChI=1S/C14H17NO6.ClH/c16-10-11-9-12(6-7-13(11)15(19)20)21-8-4-2-1-3-5-14(17)18;/h6-7,9-10H,1-5,8H2,(H,17,18);1H. The lowest BCUT2D eigenvalue weighted by molar-refractivity contribution is -0.385. The Hall–Kier alpha value is -2.15. The van der Waals surface area contributed by atoms with Gasteiger partial charge in [0.15, 0.2) is 6.29 Å². The third kappa shape index (κ3) is 7.03. The van der Waals surface area contributed by atoms with Crippen molar-refractivity contribution < 1.29 is 24.4 Å². The second-order valence-electron chi connectivity index (χ2n) is 4.50. The number of nitrogens with zero attached hydrogens (tertiary/aromatic N) is 1. The molecule has 22 heavy (non-hydrogen) atoms. The first kappa shape index (κ1) is 19.9. The molecule has 0 saturated heterocycles. The van der Waals surface area contributed by atoms with Gasteiger partial charge >= 0.3 is 5.97 Å². The number of unbranched alkanes of at least 4 members (excludes halogenated alkanes) is 3. The first-order valence-electron chi connectivity index (χ1n) is 6.63. The van der Waals surface area contributed by atoms with Crippen LogP contribution in [0.5, 0.6) is 5.75 Å². The van der Waals surface area contributed by atoms with Gasteiger partial charge in [0.05, 0.1) is 17.1 Å². The van der Waals surface area contributed by atoms with E-state index in [2.05, 4.69) is 0 Å². The summed E-state index contributed by atoms with van der Waals surface area (Å²) in [6.45, 7) is 0.420. The summed E-state index contributed by atoms with van der Waals surface area (Å²) in [5.41, 5.74) is -0.259. The molecule has 7 nitrogen and oxygen atoms in total. The van der Waals surface area contributed by atoms with Crippen LogP contribution in [0.4, 0.5) is 5.69 Å². The zero-order valence-corrected chi connectivity index (χ0v) is 12.7. The van der Waals surface area contributed by atoms with E-state index < -0.39 is 10.9 Å². The smallest absolute Gasteiger partial charge is 0.303 e. The van der Waals surface area contributed by atoms with Crippen LogP contribution in [0, 0.1) is 10.1 Å². The highest BCUT2D eigenvalue weighted by Crippen LogP contribution is 2.22. The Kier molecular flexibility index (Phi) is 9.53. The Bertz CT molecular complexity index is 520. The molecule has 0 aliphatic heterocycles. The molecule has 1 aromatic rings. The number of carbonyl (C=O) groups excluding carboxylic acids is 1. The van der Waals surface area contributed by atoms with Gasteiger partial charge in [-0.2, -0.15) is 0 Å². The van der Waals surface area contributed by atoms with Gasteiger partial charge in [-0.15, -0.1) is 12.4 Å². The van der Waals surface area contributed by atoms with Crippen molar-refractivity contribution >= 4 is 30.3 Å². The van der Waals surface area contributed by atoms with Gasteiger partial charge in [-0.1, -0.05) is 12.8 Å². The molecule has 0 atom stereocenters. The van der Waals surface area contributed by atoms with Gasteiger partial charge in [0.2, 0.25) is 0 Å². The molecule has 0 amide bonds. The van der Waals surface area contributed by atoms with Crippen LogP contribution < -0.4 is 4.74 Å². The summed E-state index contributed by atoms with van der Waals surface area (Å²) >= 11 is 0. The van der Waals surface area contributed by atoms with Gasteiger partial charge in [0, 0.05) is 12.5 Å². The fraction of sp³-hybridized carbons (Fsp3) is 0.429. The van der Waals surface area contributed by atoms with Crippen molar-refractivity contribution in [1.29, 1.82) is 0 Å². The molecule has 0 saturated carbocycles. The van der Waals surface area contributed by atoms with E-state index in [-0.39, 0.29) is 30.1 Å². The highest BCUT2D eigenvalue weighted by Gasteiger charge is 2.13. The maximum absolute atomic E-state index is 10.8. The Morgan fingerprint density at radius 1 is 1.27 bits per heavy atom. The number of aldehydes is 1. The number of carboxylic acids is 1. The summed E-state index contributed by atoms with van der Waals surface area (Å²) in [6, 6.07) is 4.04. The van der Waals surface area contributed by atoms with E-state index in [1.807, 2.05) is 0 Å². The summed E-state index contributed by atoms with van der Waals surface area (Å²) in [5.74, 6) is -0.383. The number of nitro groups is 1. The predicted molar refractivity (Wildman–Crippen MR) is 81.9 cm³/mol. The van der Waals surface area contributed by atoms with Gasteiger partial charge < -0.3 is 9.84 Å². The van der Waals surface area contributed by atoms with Crippen LogP contribution in [-0.4, -0.2) is 28.9 Å². The highest BCUT2D eigenvalue weighted by molar-refractivity contribution is 5.85. The number of hydrogen-bond acceptors (Lipinski definition) is 5. The fourth-order valence-electron chi connectivity index (χ4n) is 1.80. The van der Waals surface area contributed by atoms with E-state index in [9.17, 15) is 19.7 Å². The lowest BCUT2D eigenvalue weighted by Gasteiger charge is -2.06. The number of carboxylic acid groups (broad SMARTS) is 1. The van der Waals surface area contributed by atoms with E-state index in [1.54, 1.807) is 0 Å². The molecule has 0 aliphatic rings. The third-order valence-corrected chi connectivity index (χ3v) is 2.88. The fourth-order valence-corrected chi connectivity index (χ4v) is 1.80. The van der Waals surface area contributed by atoms with Crippen LogP contribution >= 0.6 is 12.4 Å². The van der Waals surface area contributed by atoms with E-state index in [1.165, 1.54) is 18.2 Å². The molecule has 1 rings (SSSR count). The van der Waals surface area contributed by atoms with Crippen LogP contribution in [0.15, 0.2) is 18.2 Å². The lowest BCUT2D eigenvalue weighted by atomic mass is 10.1. The normalized spacial score (nSPS) is 9.64. The van der Waals surface area contributed by atoms with E-state index >= 15 is 0 Å². The number of nitro benzene ring substituents is 1. The Morgan fingerprint density at radius 2 is 1.95 bits per heavy atom. The average molecular weight is 332 g/mol. The highest BCUT2D eigenvalue weighted by atomic mass is 35.5. The molecule has 0 heterocycles. The average Bonchev–Trinajstić information content (AvgIpc) is 2.45. The first-order chi connectivity index (χ1) is 10.0. The number of rotatable bonds is 10. The van der Waals surface area contributed by atoms with E-state index in [0.29, 0.717) is 25.1 Å². The Morgan fingerprint density at radius 3 is 2.55 bits per heavy atom. The monoisotopic (exact) mass is 331 g/mol. The van der Waals surface area contributed by atoms with E-state index in [0.717, 1.165) is 19.3 Å². The number of carbonyl (C=O) groups is 2. The Labute approximate surface area is 133 Å². The number of halogens is 1. The molecular formula is C14H18ClNO6. The number of aliphatic carboxylic acids is 1. The minimum Gasteiger partial charge on any atom is -0.494 e. The van der Waals surface area contributed by atoms with Crippen LogP contribution in [0.1, 0.15) is 42.5 Å². The first-order valence-corrected chi connectivity index (χ1v) is 6.63. The maximum Gasteiger partial charge on any atom is 0.303 e. The van der Waals surface area contributed by atoms with Gasteiger partial charge in [-0.3, -0.25) is 19.7 Å². The molecular weight excluding hydrogens is 314 g/mol. The maximum atomic E-state index is 10.8. The summed E-state index contributed by atoms with van der Waals surface area (Å²) in [6.07, 6.45) is 3.66. The van der Waals surface area contributed by atoms with Crippen molar-refractivity contribution in [1.82, 2.24) is 0 Å². The molecule has 0 bridgehead atoms. The van der Waals surface area contributed by atoms with Crippen molar-refractivity contribution in [2.45, 2.75) is 32.1 Å². The van der Waals surface area contributed by atoms with Crippen molar-refractivity contribution in [3.05, 3.63) is 33.9 Å². The summed E-state index contributed by atoms with van der Waals surface area (Å²) < 4.78 is 5.41. The van der Waals surface area contributed by atoms with Crippen LogP contribution in [0.3, 0.4) is 0 Å². The summed E-state index contributed by atoms with van der Waals surface area (Å²) in [4.78, 5) is 31.1. The van der Waals surface area contributed by atoms with Gasteiger partial charge in [0.1, 0.15) is 5.75 Å². The molecule has 8 heteroatoms. The second kappa shape index (κ2) is 10.6. The van der Waals surface area contributed by atoms with Gasteiger partial charge in [0.25, 0.3) is 5.69 Å². The molecule has 0 aromatic heterocycles. The molecule has 0 fully saturated rings. The Balaban J connectivity index is 0.00000441. The van der Waals surface area contributed by atoms with Crippen LogP contribution in [0.2, 0.25) is 0 Å². The molecule has 0 unspecified atom stereocenters. The minimum atomic E-state index is -0.793. The number of ether oxygens (including phenoxy) is 1. The number of benzene rings is 1.